The SMILES string of the molecule is CCOCCC(C(=O)O)c1ccc(F)cc1. The molecule has 1 unspecified atom stereocenters. The lowest BCUT2D eigenvalue weighted by molar-refractivity contribution is -0.139. The number of carboxylic acids is 1. The molecule has 16 heavy (non-hydrogen) atoms. The van der Waals surface area contributed by atoms with E-state index in [2.05, 4.69) is 0 Å². The summed E-state index contributed by atoms with van der Waals surface area (Å²) in [5.41, 5.74) is 0.605. The van der Waals surface area contributed by atoms with Crippen molar-refractivity contribution in [2.45, 2.75) is 19.3 Å². The molecule has 1 aromatic rings. The summed E-state index contributed by atoms with van der Waals surface area (Å²) in [4.78, 5) is 11.0. The summed E-state index contributed by atoms with van der Waals surface area (Å²) in [6, 6.07) is 5.54. The molecule has 0 radical (unpaired) electrons. The smallest absolute Gasteiger partial charge is 0.311 e. The van der Waals surface area contributed by atoms with E-state index in [9.17, 15) is 9.18 Å². The summed E-state index contributed by atoms with van der Waals surface area (Å²) in [5, 5.41) is 9.05. The fraction of sp³-hybridized carbons (Fsp3) is 0.417. The molecule has 0 saturated carbocycles. The number of benzene rings is 1. The molecule has 88 valence electrons. The first kappa shape index (κ1) is 12.6. The number of hydrogen-bond acceptors (Lipinski definition) is 2. The van der Waals surface area contributed by atoms with E-state index in [0.717, 1.165) is 0 Å². The van der Waals surface area contributed by atoms with Crippen LogP contribution in [-0.2, 0) is 9.53 Å². The molecule has 0 fully saturated rings. The highest BCUT2D eigenvalue weighted by Crippen LogP contribution is 2.20. The van der Waals surface area contributed by atoms with E-state index >= 15 is 0 Å². The Hall–Kier alpha value is -1.42. The Bertz CT molecular complexity index is 335. The predicted octanol–water partition coefficient (Wildman–Crippen LogP) is 2.42. The number of carbonyl (C=O) groups is 1. The third-order valence-electron chi connectivity index (χ3n) is 2.33. The highest BCUT2D eigenvalue weighted by molar-refractivity contribution is 5.76. The van der Waals surface area contributed by atoms with Gasteiger partial charge in [0.25, 0.3) is 0 Å². The van der Waals surface area contributed by atoms with Gasteiger partial charge in [0.1, 0.15) is 5.82 Å². The summed E-state index contributed by atoms with van der Waals surface area (Å²) in [6.45, 7) is 2.81. The molecule has 0 bridgehead atoms. The van der Waals surface area contributed by atoms with Crippen LogP contribution in [-0.4, -0.2) is 24.3 Å². The van der Waals surface area contributed by atoms with Gasteiger partial charge in [-0.25, -0.2) is 4.39 Å². The Balaban J connectivity index is 2.69. The Kier molecular flexibility index (Phi) is 4.92. The molecule has 0 aliphatic carbocycles. The van der Waals surface area contributed by atoms with Crippen LogP contribution in [0.2, 0.25) is 0 Å². The van der Waals surface area contributed by atoms with Crippen molar-refractivity contribution in [3.05, 3.63) is 35.6 Å². The lowest BCUT2D eigenvalue weighted by Crippen LogP contribution is -2.14. The van der Waals surface area contributed by atoms with E-state index < -0.39 is 11.9 Å². The Labute approximate surface area is 93.9 Å². The van der Waals surface area contributed by atoms with Gasteiger partial charge in [0.2, 0.25) is 0 Å². The summed E-state index contributed by atoms with van der Waals surface area (Å²) in [5.74, 6) is -1.91. The van der Waals surface area contributed by atoms with Crippen molar-refractivity contribution < 1.29 is 19.0 Å². The van der Waals surface area contributed by atoms with Gasteiger partial charge in [-0.05, 0) is 31.0 Å². The third-order valence-corrected chi connectivity index (χ3v) is 2.33. The standard InChI is InChI=1S/C12H15FO3/c1-2-16-8-7-11(12(14)15)9-3-5-10(13)6-4-9/h3-6,11H,2,7-8H2,1H3,(H,14,15). The fourth-order valence-corrected chi connectivity index (χ4v) is 1.47. The Morgan fingerprint density at radius 3 is 2.56 bits per heavy atom. The summed E-state index contributed by atoms with van der Waals surface area (Å²) in [6.07, 6.45) is 0.398. The molecule has 0 spiro atoms. The molecule has 0 aromatic heterocycles. The number of aliphatic carboxylic acids is 1. The zero-order valence-corrected chi connectivity index (χ0v) is 9.15. The number of ether oxygens (including phenoxy) is 1. The maximum Gasteiger partial charge on any atom is 0.311 e. The van der Waals surface area contributed by atoms with Crippen molar-refractivity contribution in [1.29, 1.82) is 0 Å². The van der Waals surface area contributed by atoms with Gasteiger partial charge in [-0.3, -0.25) is 4.79 Å². The fourth-order valence-electron chi connectivity index (χ4n) is 1.47. The predicted molar refractivity (Wildman–Crippen MR) is 57.9 cm³/mol. The topological polar surface area (TPSA) is 46.5 Å². The van der Waals surface area contributed by atoms with Gasteiger partial charge in [0.15, 0.2) is 0 Å². The quantitative estimate of drug-likeness (QED) is 0.758. The molecular formula is C12H15FO3. The van der Waals surface area contributed by atoms with E-state index in [1.54, 1.807) is 0 Å². The highest BCUT2D eigenvalue weighted by atomic mass is 19.1. The minimum Gasteiger partial charge on any atom is -0.481 e. The second-order valence-corrected chi connectivity index (χ2v) is 3.43. The van der Waals surface area contributed by atoms with Gasteiger partial charge in [-0.2, -0.15) is 0 Å². The maximum atomic E-state index is 12.7. The summed E-state index contributed by atoms with van der Waals surface area (Å²) < 4.78 is 17.8. The Morgan fingerprint density at radius 1 is 1.44 bits per heavy atom. The first-order valence-corrected chi connectivity index (χ1v) is 5.21. The van der Waals surface area contributed by atoms with Crippen LogP contribution in [0.15, 0.2) is 24.3 Å². The van der Waals surface area contributed by atoms with Crippen molar-refractivity contribution in [3.63, 3.8) is 0 Å². The van der Waals surface area contributed by atoms with Crippen LogP contribution in [0.25, 0.3) is 0 Å². The normalized spacial score (nSPS) is 12.4. The molecule has 0 aliphatic heterocycles. The molecule has 0 amide bonds. The van der Waals surface area contributed by atoms with Crippen molar-refractivity contribution in [3.8, 4) is 0 Å². The largest absolute Gasteiger partial charge is 0.481 e. The maximum absolute atomic E-state index is 12.7. The number of hydrogen-bond donors (Lipinski definition) is 1. The molecule has 0 heterocycles. The third kappa shape index (κ3) is 3.62. The van der Waals surface area contributed by atoms with Crippen LogP contribution < -0.4 is 0 Å². The van der Waals surface area contributed by atoms with Crippen LogP contribution >= 0.6 is 0 Å². The molecule has 0 aliphatic rings. The van der Waals surface area contributed by atoms with Gasteiger partial charge in [0.05, 0.1) is 5.92 Å². The van der Waals surface area contributed by atoms with Crippen LogP contribution in [0.3, 0.4) is 0 Å². The highest BCUT2D eigenvalue weighted by Gasteiger charge is 2.19. The van der Waals surface area contributed by atoms with E-state index in [4.69, 9.17) is 9.84 Å². The average Bonchev–Trinajstić information content (AvgIpc) is 2.26. The van der Waals surface area contributed by atoms with Crippen molar-refractivity contribution in [2.24, 2.45) is 0 Å². The van der Waals surface area contributed by atoms with Gasteiger partial charge >= 0.3 is 5.97 Å². The van der Waals surface area contributed by atoms with Crippen molar-refractivity contribution in [1.82, 2.24) is 0 Å². The second-order valence-electron chi connectivity index (χ2n) is 3.43. The molecule has 4 heteroatoms. The van der Waals surface area contributed by atoms with Crippen LogP contribution in [0, 0.1) is 5.82 Å². The van der Waals surface area contributed by atoms with E-state index in [1.165, 1.54) is 24.3 Å². The molecule has 1 atom stereocenters. The minimum atomic E-state index is -0.911. The number of halogens is 1. The lowest BCUT2D eigenvalue weighted by atomic mass is 9.96. The monoisotopic (exact) mass is 226 g/mol. The summed E-state index contributed by atoms with van der Waals surface area (Å²) >= 11 is 0. The average molecular weight is 226 g/mol. The molecule has 1 aromatic carbocycles. The summed E-state index contributed by atoms with van der Waals surface area (Å²) in [7, 11) is 0. The second kappa shape index (κ2) is 6.23. The van der Waals surface area contributed by atoms with Crippen LogP contribution in [0.5, 0.6) is 0 Å². The van der Waals surface area contributed by atoms with E-state index in [0.29, 0.717) is 25.2 Å². The van der Waals surface area contributed by atoms with Gasteiger partial charge < -0.3 is 9.84 Å². The zero-order chi connectivity index (χ0) is 12.0. The van der Waals surface area contributed by atoms with Crippen LogP contribution in [0.4, 0.5) is 4.39 Å². The molecule has 1 rings (SSSR count). The van der Waals surface area contributed by atoms with E-state index in [1.807, 2.05) is 6.92 Å². The Morgan fingerprint density at radius 2 is 2.06 bits per heavy atom. The number of rotatable bonds is 6. The van der Waals surface area contributed by atoms with E-state index in [-0.39, 0.29) is 5.82 Å². The van der Waals surface area contributed by atoms with Crippen LogP contribution in [0.1, 0.15) is 24.8 Å². The lowest BCUT2D eigenvalue weighted by Gasteiger charge is -2.12. The first-order valence-electron chi connectivity index (χ1n) is 5.21. The molecule has 0 saturated heterocycles. The minimum absolute atomic E-state index is 0.363. The van der Waals surface area contributed by atoms with Crippen molar-refractivity contribution in [2.75, 3.05) is 13.2 Å². The van der Waals surface area contributed by atoms with Crippen molar-refractivity contribution >= 4 is 5.97 Å². The number of carboxylic acid groups (broad SMARTS) is 1. The molecule has 1 N–H and O–H groups in total. The van der Waals surface area contributed by atoms with Gasteiger partial charge in [-0.15, -0.1) is 0 Å². The zero-order valence-electron chi connectivity index (χ0n) is 9.15. The van der Waals surface area contributed by atoms with Gasteiger partial charge in [-0.1, -0.05) is 12.1 Å². The molecular weight excluding hydrogens is 211 g/mol. The molecule has 3 nitrogen and oxygen atoms in total. The van der Waals surface area contributed by atoms with Gasteiger partial charge in [0, 0.05) is 13.2 Å². The first-order chi connectivity index (χ1) is 7.65.